The number of esters is 1. The standard InChI is InChI=1S/C63H87ClN10O15S2/c1-41-43(3)91-62-55(41)56(46-12-14-48(64)15-13-46)69-50(59-72-71-44(4)74(59)62)35-52(75)66-17-19-81-21-23-85-30-32-87-38-53(76)70-58(63(5,6)7)61(79)73-37-49(34-51(73)60(78)67-36-45-8-10-47(11-9-45)57-42(2)68-40-90-57)89-54(77)39-88-33-31-86-29-28-84-27-26-83-25-24-82-22-20-80-18-16-65/h8-15,40,49-51,58H,16-39,65H2,1-7H3,(H,66,75)(H,67,78)(H,70,76)/t49-,50+,51+,58-/m1/s1. The topological polar surface area (TPSA) is 299 Å². The minimum absolute atomic E-state index is 0.0163. The van der Waals surface area contributed by atoms with Gasteiger partial charge in [-0.25, -0.2) is 9.78 Å². The van der Waals surface area contributed by atoms with Crippen LogP contribution in [0.5, 0.6) is 0 Å². The molecule has 3 aromatic heterocycles. The number of hydrogen-bond donors (Lipinski definition) is 4. The van der Waals surface area contributed by atoms with Gasteiger partial charge in [0.2, 0.25) is 23.6 Å². The Labute approximate surface area is 544 Å². The van der Waals surface area contributed by atoms with Crippen molar-refractivity contribution in [3.05, 3.63) is 104 Å². The Morgan fingerprint density at radius 2 is 1.27 bits per heavy atom. The number of nitrogens with zero attached hydrogens (tertiary/aromatic N) is 6. The van der Waals surface area contributed by atoms with Gasteiger partial charge in [0.1, 0.15) is 48.3 Å². The number of thiazole rings is 1. The first kappa shape index (κ1) is 72.2. The fraction of sp³-hybridized carbons (Fsp3) is 0.571. The number of fused-ring (bicyclic) bond motifs is 3. The summed E-state index contributed by atoms with van der Waals surface area (Å²) in [5.41, 5.74) is 12.9. The third kappa shape index (κ3) is 22.5. The SMILES string of the molecule is Cc1ncsc1-c1ccc(CNC(=O)[C@@H]2C[C@@H](OC(=O)COCCOCCOCCOCCOCCOCCN)CN2C(=O)[C@@H](NC(=O)COCCOCCOCCNC(=O)C[C@@H]2N=C(c3ccc(Cl)cc3)c3c(sc(C)c3C)-n3c(C)nnc32)C(C)(C)C)cc1. The number of nitrogens with one attached hydrogen (secondary N) is 3. The smallest absolute Gasteiger partial charge is 0.332 e. The molecule has 0 saturated carbocycles. The Balaban J connectivity index is 0.807. The molecule has 1 saturated heterocycles. The van der Waals surface area contributed by atoms with Crippen molar-refractivity contribution in [1.29, 1.82) is 0 Å². The number of aliphatic imine (C=N–C) groups is 1. The Bertz CT molecular complexity index is 3140. The molecule has 498 valence electrons. The molecular formula is C63H87ClN10O15S2. The molecule has 0 unspecified atom stereocenters. The summed E-state index contributed by atoms with van der Waals surface area (Å²) in [5.74, 6) is -1.13. The van der Waals surface area contributed by atoms with Crippen LogP contribution < -0.4 is 21.7 Å². The number of likely N-dealkylation sites (tertiary alicyclic amines) is 1. The second kappa shape index (κ2) is 37.5. The van der Waals surface area contributed by atoms with Gasteiger partial charge < -0.3 is 74.0 Å². The molecule has 4 amide bonds. The minimum atomic E-state index is -1.09. The van der Waals surface area contributed by atoms with Crippen LogP contribution in [0, 0.1) is 33.1 Å². The maximum Gasteiger partial charge on any atom is 0.332 e. The predicted octanol–water partition coefficient (Wildman–Crippen LogP) is 5.21. The number of ether oxygens (including phenoxy) is 10. The third-order valence-corrected chi connectivity index (χ3v) is 17.0. The third-order valence-electron chi connectivity index (χ3n) is 14.6. The average Bonchev–Trinajstić information content (AvgIpc) is 1.61. The lowest BCUT2D eigenvalue weighted by atomic mass is 9.85. The van der Waals surface area contributed by atoms with E-state index in [0.717, 1.165) is 54.0 Å². The zero-order chi connectivity index (χ0) is 65.1. The first-order valence-electron chi connectivity index (χ1n) is 30.5. The van der Waals surface area contributed by atoms with Crippen molar-refractivity contribution in [3.63, 3.8) is 0 Å². The Morgan fingerprint density at radius 3 is 1.86 bits per heavy atom. The lowest BCUT2D eigenvalue weighted by molar-refractivity contribution is -0.155. The Hall–Kier alpha value is -6.18. The van der Waals surface area contributed by atoms with Gasteiger partial charge in [0.15, 0.2) is 5.82 Å². The van der Waals surface area contributed by atoms with Crippen LogP contribution in [0.2, 0.25) is 5.02 Å². The number of carbonyl (C=O) groups is 5. The number of benzene rings is 2. The molecule has 28 heteroatoms. The lowest BCUT2D eigenvalue weighted by Gasteiger charge is -2.35. The predicted molar refractivity (Wildman–Crippen MR) is 343 cm³/mol. The second-order valence-electron chi connectivity index (χ2n) is 22.5. The molecule has 0 radical (unpaired) electrons. The molecule has 1 fully saturated rings. The normalized spacial score (nSPS) is 15.8. The molecule has 2 aromatic carbocycles. The largest absolute Gasteiger partial charge is 0.459 e. The van der Waals surface area contributed by atoms with Crippen LogP contribution in [0.25, 0.3) is 15.4 Å². The van der Waals surface area contributed by atoms with Gasteiger partial charge in [-0.15, -0.1) is 32.9 Å². The molecule has 2 aliphatic rings. The van der Waals surface area contributed by atoms with Gasteiger partial charge in [-0.3, -0.25) is 28.7 Å². The van der Waals surface area contributed by atoms with Crippen LogP contribution in [0.3, 0.4) is 0 Å². The summed E-state index contributed by atoms with van der Waals surface area (Å²) in [7, 11) is 0. The van der Waals surface area contributed by atoms with Crippen molar-refractivity contribution in [2.75, 3.05) is 139 Å². The van der Waals surface area contributed by atoms with Gasteiger partial charge >= 0.3 is 5.97 Å². The van der Waals surface area contributed by atoms with Gasteiger partial charge in [0.05, 0.1) is 140 Å². The van der Waals surface area contributed by atoms with Crippen molar-refractivity contribution >= 4 is 69.6 Å². The minimum Gasteiger partial charge on any atom is -0.459 e. The van der Waals surface area contributed by atoms with E-state index in [4.69, 9.17) is 69.7 Å². The highest BCUT2D eigenvalue weighted by atomic mass is 35.5. The van der Waals surface area contributed by atoms with E-state index >= 15 is 0 Å². The highest BCUT2D eigenvalue weighted by molar-refractivity contribution is 7.15. The fourth-order valence-corrected chi connectivity index (χ4v) is 12.0. The summed E-state index contributed by atoms with van der Waals surface area (Å²) in [6.07, 6.45) is -0.788. The number of halogens is 1. The van der Waals surface area contributed by atoms with Gasteiger partial charge in [-0.1, -0.05) is 68.8 Å². The van der Waals surface area contributed by atoms with Crippen molar-refractivity contribution in [1.82, 2.24) is 40.6 Å². The second-order valence-corrected chi connectivity index (χ2v) is 25.0. The highest BCUT2D eigenvalue weighted by Gasteiger charge is 2.46. The van der Waals surface area contributed by atoms with Crippen LogP contribution in [0.15, 0.2) is 59.0 Å². The van der Waals surface area contributed by atoms with E-state index in [1.165, 1.54) is 4.90 Å². The molecular weight excluding hydrogens is 1240 g/mol. The van der Waals surface area contributed by atoms with Gasteiger partial charge in [0.25, 0.3) is 0 Å². The van der Waals surface area contributed by atoms with Crippen molar-refractivity contribution < 1.29 is 71.3 Å². The van der Waals surface area contributed by atoms with Gasteiger partial charge in [-0.2, -0.15) is 0 Å². The van der Waals surface area contributed by atoms with E-state index in [0.29, 0.717) is 82.7 Å². The summed E-state index contributed by atoms with van der Waals surface area (Å²) in [5, 5.41) is 19.2. The maximum atomic E-state index is 14.6. The number of aromatic nitrogens is 4. The monoisotopic (exact) mass is 1320 g/mol. The molecule has 5 N–H and O–H groups in total. The van der Waals surface area contributed by atoms with E-state index < -0.39 is 53.3 Å². The van der Waals surface area contributed by atoms with Crippen molar-refractivity contribution in [2.45, 2.75) is 92.1 Å². The van der Waals surface area contributed by atoms with E-state index in [1.54, 1.807) is 49.0 Å². The summed E-state index contributed by atoms with van der Waals surface area (Å²) in [6.45, 7) is 18.6. The molecule has 5 aromatic rings. The quantitative estimate of drug-likeness (QED) is 0.0289. The number of thiophene rings is 1. The maximum absolute atomic E-state index is 14.6. The van der Waals surface area contributed by atoms with E-state index in [-0.39, 0.29) is 97.8 Å². The van der Waals surface area contributed by atoms with E-state index in [9.17, 15) is 24.0 Å². The number of aryl methyl sites for hydroxylation is 3. The fourth-order valence-electron chi connectivity index (χ4n) is 9.86. The summed E-state index contributed by atoms with van der Waals surface area (Å²) in [6, 6.07) is 12.6. The summed E-state index contributed by atoms with van der Waals surface area (Å²) in [4.78, 5) is 81.7. The number of rotatable bonds is 40. The zero-order valence-corrected chi connectivity index (χ0v) is 55.4. The zero-order valence-electron chi connectivity index (χ0n) is 53.1. The molecule has 0 bridgehead atoms. The number of amides is 4. The lowest BCUT2D eigenvalue weighted by Crippen LogP contribution is -2.58. The van der Waals surface area contributed by atoms with E-state index in [2.05, 4.69) is 45.0 Å². The molecule has 5 heterocycles. The molecule has 2 aliphatic heterocycles. The number of nitrogens with two attached hydrogens (primary N) is 1. The summed E-state index contributed by atoms with van der Waals surface area (Å²) >= 11 is 9.44. The highest BCUT2D eigenvalue weighted by Crippen LogP contribution is 2.40. The van der Waals surface area contributed by atoms with Crippen LogP contribution in [0.1, 0.15) is 84.1 Å². The molecule has 0 spiro atoms. The van der Waals surface area contributed by atoms with Crippen LogP contribution in [0.4, 0.5) is 0 Å². The Kier molecular flexibility index (Phi) is 29.8. The first-order chi connectivity index (χ1) is 43.9. The van der Waals surface area contributed by atoms with Crippen LogP contribution in [-0.2, 0) is 77.9 Å². The molecule has 4 atom stereocenters. The van der Waals surface area contributed by atoms with E-state index in [1.807, 2.05) is 66.9 Å². The Morgan fingerprint density at radius 1 is 0.703 bits per heavy atom. The van der Waals surface area contributed by atoms with Crippen LogP contribution in [-0.4, -0.2) is 217 Å². The van der Waals surface area contributed by atoms with Crippen molar-refractivity contribution in [2.24, 2.45) is 16.1 Å². The average molecular weight is 1320 g/mol. The number of carbonyl (C=O) groups excluding carboxylic acids is 5. The van der Waals surface area contributed by atoms with Crippen LogP contribution >= 0.6 is 34.3 Å². The molecule has 7 rings (SSSR count). The van der Waals surface area contributed by atoms with Gasteiger partial charge in [-0.05, 0) is 61.9 Å². The molecule has 91 heavy (non-hydrogen) atoms. The first-order valence-corrected chi connectivity index (χ1v) is 32.6. The number of hydrogen-bond acceptors (Lipinski definition) is 22. The molecule has 25 nitrogen and oxygen atoms in total. The molecule has 0 aliphatic carbocycles. The summed E-state index contributed by atoms with van der Waals surface area (Å²) < 4.78 is 57.5. The van der Waals surface area contributed by atoms with Crippen molar-refractivity contribution in [3.8, 4) is 15.4 Å². The van der Waals surface area contributed by atoms with Gasteiger partial charge in [0, 0.05) is 47.1 Å².